The van der Waals surface area contributed by atoms with Crippen molar-refractivity contribution in [1.29, 1.82) is 0 Å². The summed E-state index contributed by atoms with van der Waals surface area (Å²) >= 11 is 5.79. The summed E-state index contributed by atoms with van der Waals surface area (Å²) in [5.74, 6) is -0.811. The summed E-state index contributed by atoms with van der Waals surface area (Å²) in [6.45, 7) is 3.29. The van der Waals surface area contributed by atoms with Gasteiger partial charge < -0.3 is 4.74 Å². The highest BCUT2D eigenvalue weighted by Crippen LogP contribution is 2.24. The Hall–Kier alpha value is -1.11. The van der Waals surface area contributed by atoms with Crippen LogP contribution in [0.2, 0.25) is 5.02 Å². The number of esters is 1. The molecule has 0 aliphatic heterocycles. The number of halogens is 1. The first-order valence-electron chi connectivity index (χ1n) is 4.75. The number of carbonyl (C=O) groups excluding carboxylic acids is 1. The SMILES string of the molecule is CC(C)OC(=O)c1c(Cl)cccc1S(N)(=O)=O. The van der Waals surface area contributed by atoms with Gasteiger partial charge in [-0.2, -0.15) is 0 Å². The van der Waals surface area contributed by atoms with Crippen LogP contribution in [0.5, 0.6) is 0 Å². The number of sulfonamides is 1. The summed E-state index contributed by atoms with van der Waals surface area (Å²) in [5, 5.41) is 4.99. The van der Waals surface area contributed by atoms with Crippen molar-refractivity contribution in [1.82, 2.24) is 0 Å². The molecule has 0 aromatic heterocycles. The van der Waals surface area contributed by atoms with Crippen LogP contribution in [0.3, 0.4) is 0 Å². The average Bonchev–Trinajstić information content (AvgIpc) is 2.14. The van der Waals surface area contributed by atoms with Gasteiger partial charge in [0.25, 0.3) is 0 Å². The number of benzene rings is 1. The predicted octanol–water partition coefficient (Wildman–Crippen LogP) is 1.55. The van der Waals surface area contributed by atoms with E-state index in [-0.39, 0.29) is 21.6 Å². The monoisotopic (exact) mass is 277 g/mol. The Morgan fingerprint density at radius 2 is 2.00 bits per heavy atom. The van der Waals surface area contributed by atoms with Crippen LogP contribution in [0, 0.1) is 0 Å². The van der Waals surface area contributed by atoms with Gasteiger partial charge in [0.2, 0.25) is 10.0 Å². The van der Waals surface area contributed by atoms with Crippen molar-refractivity contribution < 1.29 is 17.9 Å². The van der Waals surface area contributed by atoms with Crippen LogP contribution in [0.4, 0.5) is 0 Å². The van der Waals surface area contributed by atoms with Gasteiger partial charge in [0.1, 0.15) is 0 Å². The van der Waals surface area contributed by atoms with Crippen molar-refractivity contribution in [3.63, 3.8) is 0 Å². The minimum Gasteiger partial charge on any atom is -0.459 e. The molecule has 1 aromatic carbocycles. The van der Waals surface area contributed by atoms with Crippen LogP contribution >= 0.6 is 11.6 Å². The number of ether oxygens (including phenoxy) is 1. The molecule has 0 heterocycles. The molecule has 5 nitrogen and oxygen atoms in total. The summed E-state index contributed by atoms with van der Waals surface area (Å²) in [6, 6.07) is 4.00. The first-order valence-corrected chi connectivity index (χ1v) is 6.68. The number of hydrogen-bond donors (Lipinski definition) is 1. The number of hydrogen-bond acceptors (Lipinski definition) is 4. The van der Waals surface area contributed by atoms with Gasteiger partial charge in [0.05, 0.1) is 21.6 Å². The van der Waals surface area contributed by atoms with Crippen molar-refractivity contribution in [3.8, 4) is 0 Å². The van der Waals surface area contributed by atoms with Crippen LogP contribution in [0.1, 0.15) is 24.2 Å². The number of carbonyl (C=O) groups is 1. The predicted molar refractivity (Wildman–Crippen MR) is 63.4 cm³/mol. The maximum Gasteiger partial charge on any atom is 0.341 e. The van der Waals surface area contributed by atoms with Crippen LogP contribution in [-0.2, 0) is 14.8 Å². The van der Waals surface area contributed by atoms with Gasteiger partial charge in [0.15, 0.2) is 0 Å². The standard InChI is InChI=1S/C10H12ClNO4S/c1-6(2)16-10(13)9-7(11)4-3-5-8(9)17(12,14)15/h3-6H,1-2H3,(H2,12,14,15). The lowest BCUT2D eigenvalue weighted by Crippen LogP contribution is -2.20. The van der Waals surface area contributed by atoms with Crippen LogP contribution < -0.4 is 5.14 Å². The van der Waals surface area contributed by atoms with E-state index < -0.39 is 16.0 Å². The second kappa shape index (κ2) is 5.03. The zero-order valence-corrected chi connectivity index (χ0v) is 10.9. The fourth-order valence-electron chi connectivity index (χ4n) is 1.21. The zero-order valence-electron chi connectivity index (χ0n) is 9.31. The molecular weight excluding hydrogens is 266 g/mol. The van der Waals surface area contributed by atoms with Crippen LogP contribution in [0.15, 0.2) is 23.1 Å². The van der Waals surface area contributed by atoms with Gasteiger partial charge in [0, 0.05) is 0 Å². The van der Waals surface area contributed by atoms with Crippen LogP contribution in [-0.4, -0.2) is 20.5 Å². The third kappa shape index (κ3) is 3.42. The number of primary sulfonamides is 1. The fraction of sp³-hybridized carbons (Fsp3) is 0.300. The quantitative estimate of drug-likeness (QED) is 0.849. The van der Waals surface area contributed by atoms with Gasteiger partial charge in [-0.1, -0.05) is 17.7 Å². The van der Waals surface area contributed by atoms with Gasteiger partial charge in [-0.3, -0.25) is 0 Å². The summed E-state index contributed by atoms with van der Waals surface area (Å²) < 4.78 is 27.5. The summed E-state index contributed by atoms with van der Waals surface area (Å²) in [5.41, 5.74) is -0.231. The topological polar surface area (TPSA) is 86.5 Å². The highest BCUT2D eigenvalue weighted by atomic mass is 35.5. The molecule has 1 rings (SSSR count). The first-order chi connectivity index (χ1) is 7.73. The maximum absolute atomic E-state index is 11.7. The molecule has 0 saturated heterocycles. The average molecular weight is 278 g/mol. The van der Waals surface area contributed by atoms with E-state index in [0.29, 0.717) is 0 Å². The first kappa shape index (κ1) is 14.0. The van der Waals surface area contributed by atoms with Crippen molar-refractivity contribution >= 4 is 27.6 Å². The molecule has 0 saturated carbocycles. The number of nitrogens with two attached hydrogens (primary N) is 1. The van der Waals surface area contributed by atoms with Gasteiger partial charge >= 0.3 is 5.97 Å². The van der Waals surface area contributed by atoms with Crippen LogP contribution in [0.25, 0.3) is 0 Å². The fourth-order valence-corrected chi connectivity index (χ4v) is 2.27. The lowest BCUT2D eigenvalue weighted by Gasteiger charge is -2.11. The molecule has 7 heteroatoms. The molecule has 0 amide bonds. The second-order valence-corrected chi connectivity index (χ2v) is 5.55. The normalized spacial score (nSPS) is 11.6. The lowest BCUT2D eigenvalue weighted by molar-refractivity contribution is 0.0373. The molecule has 0 radical (unpaired) electrons. The summed E-state index contributed by atoms with van der Waals surface area (Å²) in [4.78, 5) is 11.4. The molecule has 0 bridgehead atoms. The van der Waals surface area contributed by atoms with Crippen molar-refractivity contribution in [2.24, 2.45) is 5.14 Å². The molecule has 0 spiro atoms. The molecule has 1 aromatic rings. The largest absolute Gasteiger partial charge is 0.459 e. The lowest BCUT2D eigenvalue weighted by atomic mass is 10.2. The Balaban J connectivity index is 3.36. The smallest absolute Gasteiger partial charge is 0.341 e. The minimum atomic E-state index is -4.02. The van der Waals surface area contributed by atoms with E-state index in [1.165, 1.54) is 18.2 Å². The molecule has 0 atom stereocenters. The third-order valence-corrected chi connectivity index (χ3v) is 3.10. The van der Waals surface area contributed by atoms with Crippen molar-refractivity contribution in [3.05, 3.63) is 28.8 Å². The molecule has 0 aliphatic rings. The molecule has 0 aliphatic carbocycles. The number of rotatable bonds is 3. The molecule has 17 heavy (non-hydrogen) atoms. The maximum atomic E-state index is 11.7. The molecule has 2 N–H and O–H groups in total. The van der Waals surface area contributed by atoms with E-state index in [4.69, 9.17) is 21.5 Å². The Labute approximate surface area is 105 Å². The third-order valence-electron chi connectivity index (χ3n) is 1.83. The van der Waals surface area contributed by atoms with E-state index in [0.717, 1.165) is 0 Å². The van der Waals surface area contributed by atoms with Gasteiger partial charge in [-0.05, 0) is 26.0 Å². The molecular formula is C10H12ClNO4S. The van der Waals surface area contributed by atoms with E-state index in [1.807, 2.05) is 0 Å². The van der Waals surface area contributed by atoms with Gasteiger partial charge in [-0.15, -0.1) is 0 Å². The summed E-state index contributed by atoms with van der Waals surface area (Å²) in [6.07, 6.45) is -0.382. The van der Waals surface area contributed by atoms with E-state index in [9.17, 15) is 13.2 Å². The van der Waals surface area contributed by atoms with E-state index in [1.54, 1.807) is 13.8 Å². The highest BCUT2D eigenvalue weighted by molar-refractivity contribution is 7.89. The van der Waals surface area contributed by atoms with E-state index >= 15 is 0 Å². The Kier molecular flexibility index (Phi) is 4.13. The molecule has 94 valence electrons. The molecule has 0 fully saturated rings. The molecule has 0 unspecified atom stereocenters. The Morgan fingerprint density at radius 3 is 2.47 bits per heavy atom. The minimum absolute atomic E-state index is 0.0119. The van der Waals surface area contributed by atoms with Gasteiger partial charge in [-0.25, -0.2) is 18.4 Å². The van der Waals surface area contributed by atoms with Crippen molar-refractivity contribution in [2.45, 2.75) is 24.8 Å². The highest BCUT2D eigenvalue weighted by Gasteiger charge is 2.23. The zero-order chi connectivity index (χ0) is 13.2. The van der Waals surface area contributed by atoms with Crippen molar-refractivity contribution in [2.75, 3.05) is 0 Å². The van der Waals surface area contributed by atoms with E-state index in [2.05, 4.69) is 0 Å². The summed E-state index contributed by atoms with van der Waals surface area (Å²) in [7, 11) is -4.02. The Morgan fingerprint density at radius 1 is 1.41 bits per heavy atom. The second-order valence-electron chi connectivity index (χ2n) is 3.61. The Bertz CT molecular complexity index is 539.